The van der Waals surface area contributed by atoms with E-state index in [0.717, 1.165) is 11.4 Å². The van der Waals surface area contributed by atoms with Crippen LogP contribution in [-0.4, -0.2) is 50.0 Å². The number of amides is 2. The molecule has 0 aliphatic carbocycles. The fraction of sp³-hybridized carbons (Fsp3) is 0.185. The topological polar surface area (TPSA) is 75.0 Å². The van der Waals surface area contributed by atoms with E-state index in [1.54, 1.807) is 42.3 Å². The van der Waals surface area contributed by atoms with Gasteiger partial charge in [-0.3, -0.25) is 9.59 Å². The molecule has 35 heavy (non-hydrogen) atoms. The molecule has 0 radical (unpaired) electrons. The van der Waals surface area contributed by atoms with Crippen LogP contribution in [-0.2, 0) is 0 Å². The number of benzene rings is 3. The van der Waals surface area contributed by atoms with Crippen LogP contribution < -0.4 is 15.0 Å². The number of carbonyl (C=O) groups excluding carboxylic acids is 2. The number of piperazine rings is 1. The Morgan fingerprint density at radius 3 is 2.49 bits per heavy atom. The SMILES string of the molecule is COc1cccc(N2CCN(C(=O)c3oc4ccccc4c3NC(=O)c3cccc(Cl)c3)CC2)c1. The first-order chi connectivity index (χ1) is 17.0. The fourth-order valence-electron chi connectivity index (χ4n) is 4.25. The van der Waals surface area contributed by atoms with Gasteiger partial charge in [-0.15, -0.1) is 0 Å². The maximum Gasteiger partial charge on any atom is 0.291 e. The van der Waals surface area contributed by atoms with E-state index in [0.29, 0.717) is 53.4 Å². The number of ether oxygens (including phenoxy) is 1. The summed E-state index contributed by atoms with van der Waals surface area (Å²) < 4.78 is 11.3. The molecule has 1 fully saturated rings. The zero-order chi connectivity index (χ0) is 24.4. The zero-order valence-corrected chi connectivity index (χ0v) is 19.9. The van der Waals surface area contributed by atoms with Gasteiger partial charge in [0.05, 0.1) is 7.11 Å². The molecule has 4 aromatic rings. The van der Waals surface area contributed by atoms with Crippen LogP contribution in [0.15, 0.2) is 77.2 Å². The molecule has 0 saturated carbocycles. The number of hydrogen-bond donors (Lipinski definition) is 1. The lowest BCUT2D eigenvalue weighted by atomic mass is 10.1. The molecule has 0 unspecified atom stereocenters. The van der Waals surface area contributed by atoms with Crippen molar-refractivity contribution in [3.05, 3.63) is 89.1 Å². The summed E-state index contributed by atoms with van der Waals surface area (Å²) in [6, 6.07) is 21.8. The van der Waals surface area contributed by atoms with Crippen molar-refractivity contribution in [2.24, 2.45) is 0 Å². The first kappa shape index (κ1) is 22.8. The monoisotopic (exact) mass is 489 g/mol. The molecule has 5 rings (SSSR count). The lowest BCUT2D eigenvalue weighted by Crippen LogP contribution is -2.48. The van der Waals surface area contributed by atoms with Gasteiger partial charge in [0.25, 0.3) is 11.8 Å². The Morgan fingerprint density at radius 1 is 0.943 bits per heavy atom. The molecule has 1 N–H and O–H groups in total. The Kier molecular flexibility index (Phi) is 6.33. The van der Waals surface area contributed by atoms with Crippen molar-refractivity contribution < 1.29 is 18.7 Å². The number of nitrogens with one attached hydrogen (secondary N) is 1. The van der Waals surface area contributed by atoms with Crippen molar-refractivity contribution >= 4 is 45.8 Å². The van der Waals surface area contributed by atoms with Gasteiger partial charge in [-0.25, -0.2) is 0 Å². The van der Waals surface area contributed by atoms with E-state index in [4.69, 9.17) is 20.8 Å². The van der Waals surface area contributed by atoms with Crippen LogP contribution in [0.5, 0.6) is 5.75 Å². The summed E-state index contributed by atoms with van der Waals surface area (Å²) in [5.74, 6) is 0.295. The summed E-state index contributed by atoms with van der Waals surface area (Å²) in [5.41, 5.74) is 2.35. The first-order valence-electron chi connectivity index (χ1n) is 11.3. The van der Waals surface area contributed by atoms with E-state index in [1.807, 2.05) is 42.5 Å². The third-order valence-electron chi connectivity index (χ3n) is 6.10. The summed E-state index contributed by atoms with van der Waals surface area (Å²) in [6.45, 7) is 2.39. The van der Waals surface area contributed by atoms with Crippen LogP contribution in [0.25, 0.3) is 11.0 Å². The molecule has 2 amide bonds. The normalized spacial score (nSPS) is 13.7. The summed E-state index contributed by atoms with van der Waals surface area (Å²) in [7, 11) is 1.64. The number of para-hydroxylation sites is 1. The number of nitrogens with zero attached hydrogens (tertiary/aromatic N) is 2. The van der Waals surface area contributed by atoms with Gasteiger partial charge in [0.2, 0.25) is 5.76 Å². The van der Waals surface area contributed by atoms with Crippen LogP contribution in [0.2, 0.25) is 5.02 Å². The summed E-state index contributed by atoms with van der Waals surface area (Å²) in [4.78, 5) is 30.5. The molecule has 0 spiro atoms. The molecule has 1 aliphatic rings. The van der Waals surface area contributed by atoms with E-state index in [-0.39, 0.29) is 17.6 Å². The highest BCUT2D eigenvalue weighted by Crippen LogP contribution is 2.33. The number of anilines is 2. The minimum absolute atomic E-state index is 0.122. The minimum Gasteiger partial charge on any atom is -0.497 e. The Hall–Kier alpha value is -3.97. The van der Waals surface area contributed by atoms with Gasteiger partial charge in [-0.05, 0) is 42.5 Å². The number of fused-ring (bicyclic) bond motifs is 1. The number of rotatable bonds is 5. The Morgan fingerprint density at radius 2 is 1.71 bits per heavy atom. The average molecular weight is 490 g/mol. The van der Waals surface area contributed by atoms with Crippen LogP contribution in [0, 0.1) is 0 Å². The predicted octanol–water partition coefficient (Wildman–Crippen LogP) is 5.31. The number of halogens is 1. The Labute approximate surface area is 207 Å². The molecule has 1 saturated heterocycles. The van der Waals surface area contributed by atoms with Gasteiger partial charge in [0, 0.05) is 53.9 Å². The van der Waals surface area contributed by atoms with Crippen molar-refractivity contribution in [2.45, 2.75) is 0 Å². The number of carbonyl (C=O) groups is 2. The summed E-state index contributed by atoms with van der Waals surface area (Å²) >= 11 is 6.05. The quantitative estimate of drug-likeness (QED) is 0.411. The highest BCUT2D eigenvalue weighted by molar-refractivity contribution is 6.31. The summed E-state index contributed by atoms with van der Waals surface area (Å²) in [6.07, 6.45) is 0. The van der Waals surface area contributed by atoms with Gasteiger partial charge in [-0.1, -0.05) is 35.9 Å². The fourth-order valence-corrected chi connectivity index (χ4v) is 4.44. The van der Waals surface area contributed by atoms with Crippen LogP contribution in [0.4, 0.5) is 11.4 Å². The Bertz CT molecular complexity index is 1390. The van der Waals surface area contributed by atoms with Crippen LogP contribution in [0.1, 0.15) is 20.9 Å². The maximum absolute atomic E-state index is 13.5. The second kappa shape index (κ2) is 9.72. The van der Waals surface area contributed by atoms with E-state index in [9.17, 15) is 9.59 Å². The molecule has 0 atom stereocenters. The lowest BCUT2D eigenvalue weighted by Gasteiger charge is -2.36. The predicted molar refractivity (Wildman–Crippen MR) is 137 cm³/mol. The molecule has 7 nitrogen and oxygen atoms in total. The third kappa shape index (κ3) is 4.68. The van der Waals surface area contributed by atoms with Crippen molar-refractivity contribution in [2.75, 3.05) is 43.5 Å². The van der Waals surface area contributed by atoms with Gasteiger partial charge in [-0.2, -0.15) is 0 Å². The van der Waals surface area contributed by atoms with E-state index < -0.39 is 0 Å². The molecule has 3 aromatic carbocycles. The van der Waals surface area contributed by atoms with E-state index in [2.05, 4.69) is 10.2 Å². The first-order valence-corrected chi connectivity index (χ1v) is 11.7. The van der Waals surface area contributed by atoms with Crippen molar-refractivity contribution in [1.82, 2.24) is 4.90 Å². The zero-order valence-electron chi connectivity index (χ0n) is 19.2. The number of furan rings is 1. The molecule has 8 heteroatoms. The van der Waals surface area contributed by atoms with Gasteiger partial charge in [0.15, 0.2) is 0 Å². The van der Waals surface area contributed by atoms with E-state index >= 15 is 0 Å². The van der Waals surface area contributed by atoms with Crippen LogP contribution in [0.3, 0.4) is 0 Å². The standard InChI is InChI=1S/C27H24ClN3O4/c1-34-21-9-5-8-20(17-21)30-12-14-31(15-13-30)27(33)25-24(22-10-2-3-11-23(22)35-25)29-26(32)18-6-4-7-19(28)16-18/h2-11,16-17H,12-15H2,1H3,(H,29,32). The van der Waals surface area contributed by atoms with Crippen molar-refractivity contribution in [3.63, 3.8) is 0 Å². The highest BCUT2D eigenvalue weighted by atomic mass is 35.5. The molecular weight excluding hydrogens is 466 g/mol. The smallest absolute Gasteiger partial charge is 0.291 e. The lowest BCUT2D eigenvalue weighted by molar-refractivity contribution is 0.0718. The van der Waals surface area contributed by atoms with Crippen molar-refractivity contribution in [1.29, 1.82) is 0 Å². The second-order valence-corrected chi connectivity index (χ2v) is 8.68. The van der Waals surface area contributed by atoms with Crippen LogP contribution >= 0.6 is 11.6 Å². The van der Waals surface area contributed by atoms with Gasteiger partial charge in [0.1, 0.15) is 17.0 Å². The van der Waals surface area contributed by atoms with Crippen molar-refractivity contribution in [3.8, 4) is 5.75 Å². The molecule has 1 aliphatic heterocycles. The highest BCUT2D eigenvalue weighted by Gasteiger charge is 2.29. The second-order valence-electron chi connectivity index (χ2n) is 8.25. The molecule has 2 heterocycles. The van der Waals surface area contributed by atoms with Gasteiger partial charge < -0.3 is 24.3 Å². The van der Waals surface area contributed by atoms with Gasteiger partial charge >= 0.3 is 0 Å². The molecule has 0 bridgehead atoms. The third-order valence-corrected chi connectivity index (χ3v) is 6.34. The largest absolute Gasteiger partial charge is 0.497 e. The number of methoxy groups -OCH3 is 1. The van der Waals surface area contributed by atoms with E-state index in [1.165, 1.54) is 0 Å². The minimum atomic E-state index is -0.365. The molecule has 178 valence electrons. The average Bonchev–Trinajstić information content (AvgIpc) is 3.26. The summed E-state index contributed by atoms with van der Waals surface area (Å²) in [5, 5.41) is 4.01. The molecule has 1 aromatic heterocycles. The number of hydrogen-bond acceptors (Lipinski definition) is 5. The Balaban J connectivity index is 1.37. The molecular formula is C27H24ClN3O4. The maximum atomic E-state index is 13.5.